The third kappa shape index (κ3) is 6.83. The molecule has 0 radical (unpaired) electrons. The van der Waals surface area contributed by atoms with Crippen LogP contribution in [-0.2, 0) is 4.79 Å². The van der Waals surface area contributed by atoms with E-state index in [0.29, 0.717) is 27.9 Å². The van der Waals surface area contributed by atoms with Crippen LogP contribution in [0.1, 0.15) is 19.3 Å². The first-order chi connectivity index (χ1) is 10.6. The zero-order valence-electron chi connectivity index (χ0n) is 12.5. The van der Waals surface area contributed by atoms with Gasteiger partial charge in [0, 0.05) is 11.3 Å². The van der Waals surface area contributed by atoms with Crippen molar-refractivity contribution in [2.45, 2.75) is 30.6 Å². The number of hydrogen-bond donors (Lipinski definition) is 2. The number of amides is 1. The highest BCUT2D eigenvalue weighted by Crippen LogP contribution is 2.35. The second kappa shape index (κ2) is 10.3. The molecule has 0 bridgehead atoms. The van der Waals surface area contributed by atoms with Crippen molar-refractivity contribution in [2.75, 3.05) is 24.2 Å². The van der Waals surface area contributed by atoms with Crippen molar-refractivity contribution in [2.24, 2.45) is 5.92 Å². The third-order valence-corrected chi connectivity index (χ3v) is 5.11. The van der Waals surface area contributed by atoms with Gasteiger partial charge in [-0.1, -0.05) is 17.7 Å². The van der Waals surface area contributed by atoms with E-state index < -0.39 is 6.43 Å². The van der Waals surface area contributed by atoms with Crippen LogP contribution >= 0.6 is 35.8 Å². The maximum atomic E-state index is 12.4. The predicted octanol–water partition coefficient (Wildman–Crippen LogP) is 4.45. The molecule has 1 atom stereocenters. The summed E-state index contributed by atoms with van der Waals surface area (Å²) in [7, 11) is 0. The molecule has 1 unspecified atom stereocenters. The minimum Gasteiger partial charge on any atom is -0.325 e. The summed E-state index contributed by atoms with van der Waals surface area (Å²) < 4.78 is 24.8. The van der Waals surface area contributed by atoms with Gasteiger partial charge in [-0.25, -0.2) is 8.78 Å². The maximum absolute atomic E-state index is 12.4. The fourth-order valence-electron chi connectivity index (χ4n) is 2.41. The average Bonchev–Trinajstić information content (AvgIpc) is 2.97. The maximum Gasteiger partial charge on any atom is 0.247 e. The Morgan fingerprint density at radius 2 is 2.26 bits per heavy atom. The molecule has 1 heterocycles. The molecule has 2 N–H and O–H groups in total. The average molecular weight is 385 g/mol. The molecule has 0 saturated carbocycles. The smallest absolute Gasteiger partial charge is 0.247 e. The van der Waals surface area contributed by atoms with E-state index in [9.17, 15) is 13.6 Å². The molecule has 130 valence electrons. The first-order valence-electron chi connectivity index (χ1n) is 7.26. The molecule has 0 spiro atoms. The number of alkyl halides is 2. The summed E-state index contributed by atoms with van der Waals surface area (Å²) in [5, 5.41) is 6.43. The highest BCUT2D eigenvalue weighted by Gasteiger charge is 2.17. The number of anilines is 1. The van der Waals surface area contributed by atoms with Gasteiger partial charge in [0.25, 0.3) is 0 Å². The fourth-order valence-corrected chi connectivity index (χ4v) is 3.52. The summed E-state index contributed by atoms with van der Waals surface area (Å²) in [5.41, 5.74) is 0.507. The van der Waals surface area contributed by atoms with Crippen LogP contribution in [0.2, 0.25) is 5.02 Å². The lowest BCUT2D eigenvalue weighted by atomic mass is 10.0. The normalized spacial score (nSPS) is 17.1. The van der Waals surface area contributed by atoms with Gasteiger partial charge in [-0.05, 0) is 44.0 Å². The number of nitrogens with one attached hydrogen (secondary N) is 2. The monoisotopic (exact) mass is 384 g/mol. The Hall–Kier alpha value is -0.560. The number of hydrogen-bond acceptors (Lipinski definition) is 3. The van der Waals surface area contributed by atoms with Gasteiger partial charge in [-0.3, -0.25) is 4.79 Å². The number of thioether (sulfide) groups is 1. The summed E-state index contributed by atoms with van der Waals surface area (Å²) in [6, 6.07) is 5.02. The van der Waals surface area contributed by atoms with E-state index in [1.54, 1.807) is 18.2 Å². The van der Waals surface area contributed by atoms with Crippen LogP contribution in [0.3, 0.4) is 0 Å². The van der Waals surface area contributed by atoms with E-state index in [2.05, 4.69) is 10.6 Å². The quantitative estimate of drug-likeness (QED) is 0.682. The van der Waals surface area contributed by atoms with E-state index in [0.717, 1.165) is 37.7 Å². The molecule has 1 amide bonds. The van der Waals surface area contributed by atoms with Crippen molar-refractivity contribution >= 4 is 47.4 Å². The van der Waals surface area contributed by atoms with Gasteiger partial charge in [0.15, 0.2) is 0 Å². The van der Waals surface area contributed by atoms with Crippen molar-refractivity contribution in [1.29, 1.82) is 0 Å². The molecule has 1 aromatic carbocycles. The number of benzene rings is 1. The van der Waals surface area contributed by atoms with E-state index >= 15 is 0 Å². The van der Waals surface area contributed by atoms with Crippen molar-refractivity contribution in [3.63, 3.8) is 0 Å². The summed E-state index contributed by atoms with van der Waals surface area (Å²) in [6.07, 6.45) is -0.0592. The van der Waals surface area contributed by atoms with Crippen LogP contribution in [-0.4, -0.2) is 31.2 Å². The molecular formula is C15H20Cl2F2N2OS. The highest BCUT2D eigenvalue weighted by molar-refractivity contribution is 7.99. The van der Waals surface area contributed by atoms with Crippen LogP contribution in [0.4, 0.5) is 14.5 Å². The second-order valence-corrected chi connectivity index (χ2v) is 6.70. The molecule has 1 saturated heterocycles. The van der Waals surface area contributed by atoms with Gasteiger partial charge in [0.1, 0.15) is 0 Å². The van der Waals surface area contributed by atoms with Crippen LogP contribution in [0.15, 0.2) is 23.1 Å². The van der Waals surface area contributed by atoms with Gasteiger partial charge in [0.2, 0.25) is 12.3 Å². The van der Waals surface area contributed by atoms with Gasteiger partial charge in [-0.2, -0.15) is 0 Å². The Bertz CT molecular complexity index is 514. The zero-order valence-corrected chi connectivity index (χ0v) is 14.9. The number of carbonyl (C=O) groups excluding carboxylic acids is 1. The summed E-state index contributed by atoms with van der Waals surface area (Å²) in [5.74, 6) is 0.0891. The SMILES string of the molecule is Cl.O=C(CCC1CCNC1)Nc1cccc(Cl)c1SCC(F)F. The summed E-state index contributed by atoms with van der Waals surface area (Å²) >= 11 is 7.01. The van der Waals surface area contributed by atoms with E-state index in [1.807, 2.05) is 0 Å². The van der Waals surface area contributed by atoms with E-state index in [4.69, 9.17) is 11.6 Å². The Kier molecular flexibility index (Phi) is 9.20. The zero-order chi connectivity index (χ0) is 15.9. The second-order valence-electron chi connectivity index (χ2n) is 5.26. The van der Waals surface area contributed by atoms with Gasteiger partial charge >= 0.3 is 0 Å². The number of carbonyl (C=O) groups is 1. The van der Waals surface area contributed by atoms with Crippen molar-refractivity contribution < 1.29 is 13.6 Å². The molecule has 1 aliphatic heterocycles. The van der Waals surface area contributed by atoms with Gasteiger partial charge in [0.05, 0.1) is 16.5 Å². The molecule has 3 nitrogen and oxygen atoms in total. The number of halogens is 4. The summed E-state index contributed by atoms with van der Waals surface area (Å²) in [4.78, 5) is 12.5. The minimum absolute atomic E-state index is 0. The van der Waals surface area contributed by atoms with Gasteiger partial charge < -0.3 is 10.6 Å². The standard InChI is InChI=1S/C15H19ClF2N2OS.ClH/c16-11-2-1-3-12(15(11)22-9-13(17)18)20-14(21)5-4-10-6-7-19-8-10;/h1-3,10,13,19H,4-9H2,(H,20,21);1H. The van der Waals surface area contributed by atoms with Crippen molar-refractivity contribution in [1.82, 2.24) is 5.32 Å². The topological polar surface area (TPSA) is 41.1 Å². The Morgan fingerprint density at radius 1 is 1.48 bits per heavy atom. The molecular weight excluding hydrogens is 365 g/mol. The lowest BCUT2D eigenvalue weighted by Gasteiger charge is -2.13. The molecule has 23 heavy (non-hydrogen) atoms. The van der Waals surface area contributed by atoms with E-state index in [-0.39, 0.29) is 24.1 Å². The molecule has 2 rings (SSSR count). The molecule has 1 aliphatic rings. The first-order valence-corrected chi connectivity index (χ1v) is 8.62. The summed E-state index contributed by atoms with van der Waals surface area (Å²) in [6.45, 7) is 1.97. The van der Waals surface area contributed by atoms with E-state index in [1.165, 1.54) is 0 Å². The molecule has 8 heteroatoms. The molecule has 0 aromatic heterocycles. The molecule has 0 aliphatic carbocycles. The molecule has 1 fully saturated rings. The van der Waals surface area contributed by atoms with Crippen LogP contribution in [0, 0.1) is 5.92 Å². The fraction of sp³-hybridized carbons (Fsp3) is 0.533. The largest absolute Gasteiger partial charge is 0.325 e. The van der Waals surface area contributed by atoms with Crippen LogP contribution in [0.25, 0.3) is 0 Å². The van der Waals surface area contributed by atoms with Crippen LogP contribution in [0.5, 0.6) is 0 Å². The Morgan fingerprint density at radius 3 is 2.91 bits per heavy atom. The van der Waals surface area contributed by atoms with Crippen molar-refractivity contribution in [3.05, 3.63) is 23.2 Å². The Labute approximate surface area is 150 Å². The first kappa shape index (κ1) is 20.5. The molecule has 1 aromatic rings. The number of rotatable bonds is 7. The minimum atomic E-state index is -2.42. The van der Waals surface area contributed by atoms with Crippen LogP contribution < -0.4 is 10.6 Å². The van der Waals surface area contributed by atoms with Gasteiger partial charge in [-0.15, -0.1) is 24.2 Å². The third-order valence-electron chi connectivity index (χ3n) is 3.54. The lowest BCUT2D eigenvalue weighted by Crippen LogP contribution is -2.15. The Balaban J connectivity index is 0.00000264. The lowest BCUT2D eigenvalue weighted by molar-refractivity contribution is -0.116. The van der Waals surface area contributed by atoms with Crippen molar-refractivity contribution in [3.8, 4) is 0 Å². The highest BCUT2D eigenvalue weighted by atomic mass is 35.5. The predicted molar refractivity (Wildman–Crippen MR) is 94.3 cm³/mol.